The van der Waals surface area contributed by atoms with E-state index < -0.39 is 5.97 Å². The Labute approximate surface area is 109 Å². The molecule has 98 valence electrons. The van der Waals surface area contributed by atoms with Crippen molar-refractivity contribution >= 4 is 23.2 Å². The molecule has 0 bridgehead atoms. The molecule has 0 spiro atoms. The normalized spacial score (nSPS) is 19.8. The van der Waals surface area contributed by atoms with Crippen LogP contribution in [0.5, 0.6) is 0 Å². The van der Waals surface area contributed by atoms with Crippen LogP contribution in [0.1, 0.15) is 32.2 Å². The van der Waals surface area contributed by atoms with Crippen molar-refractivity contribution in [2.75, 3.05) is 19.7 Å². The summed E-state index contributed by atoms with van der Waals surface area (Å²) in [6, 6.07) is 3.01. The highest BCUT2D eigenvalue weighted by Crippen LogP contribution is 2.22. The Morgan fingerprint density at radius 2 is 2.11 bits per heavy atom. The number of carboxylic acids is 1. The van der Waals surface area contributed by atoms with E-state index in [0.29, 0.717) is 18.0 Å². The largest absolute Gasteiger partial charge is 0.477 e. The Hall–Kier alpha value is -1.40. The number of hydrogen-bond donors (Lipinski definition) is 2. The fourth-order valence-electron chi connectivity index (χ4n) is 2.12. The molecule has 0 saturated carbocycles. The van der Waals surface area contributed by atoms with Gasteiger partial charge in [-0.15, -0.1) is 11.3 Å². The van der Waals surface area contributed by atoms with Crippen LogP contribution in [0.3, 0.4) is 0 Å². The number of carboxylic acid groups (broad SMARTS) is 1. The van der Waals surface area contributed by atoms with E-state index >= 15 is 0 Å². The molecule has 6 heteroatoms. The number of hydrogen-bond acceptors (Lipinski definition) is 4. The number of carbonyl (C=O) groups excluding carboxylic acids is 1. The lowest BCUT2D eigenvalue weighted by Gasteiger charge is -2.31. The van der Waals surface area contributed by atoms with Crippen LogP contribution in [0.25, 0.3) is 0 Å². The highest BCUT2D eigenvalue weighted by Gasteiger charge is 2.25. The number of rotatable bonds is 3. The summed E-state index contributed by atoms with van der Waals surface area (Å²) in [5.41, 5.74) is 0. The second kappa shape index (κ2) is 5.49. The molecule has 1 unspecified atom stereocenters. The summed E-state index contributed by atoms with van der Waals surface area (Å²) < 4.78 is 0. The number of aliphatic hydroxyl groups excluding tert-OH is 1. The molecule has 1 aromatic rings. The zero-order valence-electron chi connectivity index (χ0n) is 9.83. The molecule has 1 aliphatic rings. The Morgan fingerprint density at radius 3 is 2.72 bits per heavy atom. The smallest absolute Gasteiger partial charge is 0.345 e. The highest BCUT2D eigenvalue weighted by molar-refractivity contribution is 7.15. The third-order valence-electron chi connectivity index (χ3n) is 3.09. The van der Waals surface area contributed by atoms with E-state index in [0.717, 1.165) is 24.2 Å². The maximum atomic E-state index is 12.2. The van der Waals surface area contributed by atoms with Crippen LogP contribution in [0.15, 0.2) is 12.1 Å². The van der Waals surface area contributed by atoms with Gasteiger partial charge in [-0.25, -0.2) is 4.79 Å². The number of amides is 1. The molecule has 1 amide bonds. The molecular formula is C12H15NO4S. The highest BCUT2D eigenvalue weighted by atomic mass is 32.1. The standard InChI is InChI=1S/C12H15NO4S/c14-7-8-2-1-5-13(6-8)11(15)9-3-4-10(18-9)12(16)17/h3-4,8,14H,1-2,5-7H2,(H,16,17). The van der Waals surface area contributed by atoms with Crippen molar-refractivity contribution < 1.29 is 19.8 Å². The Balaban J connectivity index is 2.07. The number of aliphatic hydroxyl groups is 1. The number of likely N-dealkylation sites (tertiary alicyclic amines) is 1. The molecular weight excluding hydrogens is 254 g/mol. The molecule has 1 aromatic heterocycles. The monoisotopic (exact) mass is 269 g/mol. The topological polar surface area (TPSA) is 77.8 Å². The van der Waals surface area contributed by atoms with Gasteiger partial charge in [0.1, 0.15) is 4.88 Å². The Bertz CT molecular complexity index is 457. The van der Waals surface area contributed by atoms with Crippen LogP contribution in [0.4, 0.5) is 0 Å². The third-order valence-corrected chi connectivity index (χ3v) is 4.15. The maximum absolute atomic E-state index is 12.2. The van der Waals surface area contributed by atoms with E-state index in [1.807, 2.05) is 0 Å². The second-order valence-corrected chi connectivity index (χ2v) is 5.49. The van der Waals surface area contributed by atoms with E-state index in [4.69, 9.17) is 10.2 Å². The van der Waals surface area contributed by atoms with Gasteiger partial charge in [0.25, 0.3) is 5.91 Å². The summed E-state index contributed by atoms with van der Waals surface area (Å²) in [4.78, 5) is 25.2. The number of aromatic carboxylic acids is 1. The van der Waals surface area contributed by atoms with Crippen LogP contribution >= 0.6 is 11.3 Å². The Morgan fingerprint density at radius 1 is 1.39 bits per heavy atom. The minimum atomic E-state index is -1.01. The Kier molecular flexibility index (Phi) is 3.98. The van der Waals surface area contributed by atoms with Crippen molar-refractivity contribution in [2.45, 2.75) is 12.8 Å². The van der Waals surface area contributed by atoms with Gasteiger partial charge in [-0.05, 0) is 30.9 Å². The second-order valence-electron chi connectivity index (χ2n) is 4.41. The van der Waals surface area contributed by atoms with Crippen molar-refractivity contribution in [2.24, 2.45) is 5.92 Å². The summed E-state index contributed by atoms with van der Waals surface area (Å²) in [7, 11) is 0. The molecule has 2 rings (SSSR count). The molecule has 1 aliphatic heterocycles. The van der Waals surface area contributed by atoms with Gasteiger partial charge in [0, 0.05) is 19.7 Å². The predicted octanol–water partition coefficient (Wildman–Crippen LogP) is 1.29. The zero-order valence-corrected chi connectivity index (χ0v) is 10.7. The van der Waals surface area contributed by atoms with E-state index in [1.54, 1.807) is 11.0 Å². The molecule has 1 saturated heterocycles. The van der Waals surface area contributed by atoms with Crippen LogP contribution < -0.4 is 0 Å². The van der Waals surface area contributed by atoms with Crippen LogP contribution in [-0.2, 0) is 0 Å². The lowest BCUT2D eigenvalue weighted by atomic mass is 9.99. The van der Waals surface area contributed by atoms with Crippen LogP contribution in [0, 0.1) is 5.92 Å². The molecule has 18 heavy (non-hydrogen) atoms. The fourth-order valence-corrected chi connectivity index (χ4v) is 2.93. The summed E-state index contributed by atoms with van der Waals surface area (Å²) in [5, 5.41) is 17.9. The molecule has 0 aliphatic carbocycles. The molecule has 1 fully saturated rings. The van der Waals surface area contributed by atoms with Gasteiger partial charge in [-0.2, -0.15) is 0 Å². The fraction of sp³-hybridized carbons (Fsp3) is 0.500. The summed E-state index contributed by atoms with van der Waals surface area (Å²) in [6.45, 7) is 1.32. The number of nitrogens with zero attached hydrogens (tertiary/aromatic N) is 1. The molecule has 5 nitrogen and oxygen atoms in total. The van der Waals surface area contributed by atoms with Gasteiger partial charge in [-0.3, -0.25) is 4.79 Å². The maximum Gasteiger partial charge on any atom is 0.345 e. The van der Waals surface area contributed by atoms with Crippen LogP contribution in [0.2, 0.25) is 0 Å². The van der Waals surface area contributed by atoms with E-state index in [2.05, 4.69) is 0 Å². The molecule has 2 N–H and O–H groups in total. The van der Waals surface area contributed by atoms with Crippen molar-refractivity contribution in [1.82, 2.24) is 4.90 Å². The van der Waals surface area contributed by atoms with Gasteiger partial charge in [-0.1, -0.05) is 0 Å². The minimum Gasteiger partial charge on any atom is -0.477 e. The number of piperidine rings is 1. The predicted molar refractivity (Wildman–Crippen MR) is 67.0 cm³/mol. The van der Waals surface area contributed by atoms with Crippen LogP contribution in [-0.4, -0.2) is 46.7 Å². The number of carbonyl (C=O) groups is 2. The van der Waals surface area contributed by atoms with Crippen molar-refractivity contribution in [3.8, 4) is 0 Å². The van der Waals surface area contributed by atoms with Gasteiger partial charge >= 0.3 is 5.97 Å². The van der Waals surface area contributed by atoms with Gasteiger partial charge in [0.15, 0.2) is 0 Å². The molecule has 1 atom stereocenters. The molecule has 0 radical (unpaired) electrons. The minimum absolute atomic E-state index is 0.0919. The van der Waals surface area contributed by atoms with Gasteiger partial charge < -0.3 is 15.1 Å². The average Bonchev–Trinajstić information content (AvgIpc) is 2.87. The first-order chi connectivity index (χ1) is 8.61. The van der Waals surface area contributed by atoms with Crippen molar-refractivity contribution in [1.29, 1.82) is 0 Å². The first-order valence-corrected chi connectivity index (χ1v) is 6.66. The molecule has 0 aromatic carbocycles. The summed E-state index contributed by atoms with van der Waals surface area (Å²) in [5.74, 6) is -1.00. The van der Waals surface area contributed by atoms with Gasteiger partial charge in [0.2, 0.25) is 0 Å². The van der Waals surface area contributed by atoms with Crippen molar-refractivity contribution in [3.05, 3.63) is 21.9 Å². The quantitative estimate of drug-likeness (QED) is 0.866. The summed E-state index contributed by atoms with van der Waals surface area (Å²) in [6.07, 6.45) is 1.82. The first kappa shape index (κ1) is 13.0. The SMILES string of the molecule is O=C(O)c1ccc(C(=O)N2CCCC(CO)C2)s1. The third kappa shape index (κ3) is 2.70. The first-order valence-electron chi connectivity index (χ1n) is 5.85. The molecule has 2 heterocycles. The van der Waals surface area contributed by atoms with E-state index in [1.165, 1.54) is 6.07 Å². The number of thiophene rings is 1. The lowest BCUT2D eigenvalue weighted by Crippen LogP contribution is -2.40. The van der Waals surface area contributed by atoms with E-state index in [9.17, 15) is 9.59 Å². The van der Waals surface area contributed by atoms with E-state index in [-0.39, 0.29) is 23.3 Å². The lowest BCUT2D eigenvalue weighted by molar-refractivity contribution is 0.0625. The van der Waals surface area contributed by atoms with Crippen molar-refractivity contribution in [3.63, 3.8) is 0 Å². The van der Waals surface area contributed by atoms with Gasteiger partial charge in [0.05, 0.1) is 4.88 Å². The average molecular weight is 269 g/mol. The summed E-state index contributed by atoms with van der Waals surface area (Å²) >= 11 is 0.998. The zero-order chi connectivity index (χ0) is 13.1.